The van der Waals surface area contributed by atoms with E-state index in [-0.39, 0.29) is 0 Å². The number of ether oxygens (including phenoxy) is 1. The molecule has 1 aromatic carbocycles. The van der Waals surface area contributed by atoms with Gasteiger partial charge in [0.15, 0.2) is 0 Å². The first-order chi connectivity index (χ1) is 10.6. The van der Waals surface area contributed by atoms with Crippen LogP contribution in [0.4, 0.5) is 0 Å². The number of benzene rings is 1. The van der Waals surface area contributed by atoms with Crippen LogP contribution in [0.2, 0.25) is 13.1 Å². The van der Waals surface area contributed by atoms with Crippen LogP contribution in [0.5, 0.6) is 5.75 Å². The first-order valence-electron chi connectivity index (χ1n) is 9.06. The van der Waals surface area contributed by atoms with E-state index in [9.17, 15) is 0 Å². The van der Waals surface area contributed by atoms with Crippen LogP contribution >= 0.6 is 0 Å². The monoisotopic (exact) mass is 296 g/mol. The molecule has 0 N–H and O–H groups in total. The molecule has 0 amide bonds. The molecule has 118 valence electrons. The highest BCUT2D eigenvalue weighted by Crippen LogP contribution is 2.52. The molecule has 1 aliphatic carbocycles. The molecule has 2 heteroatoms. The molecule has 4 unspecified atom stereocenters. The van der Waals surface area contributed by atoms with E-state index in [0.29, 0.717) is 23.9 Å². The van der Waals surface area contributed by atoms with Crippen LogP contribution in [0.15, 0.2) is 30.4 Å². The van der Waals surface area contributed by atoms with E-state index in [1.165, 1.54) is 56.0 Å². The molecule has 1 aromatic rings. The van der Waals surface area contributed by atoms with Gasteiger partial charge in [-0.05, 0) is 49.7 Å². The summed E-state index contributed by atoms with van der Waals surface area (Å²) < 4.78 is 6.41. The molecule has 2 aliphatic rings. The topological polar surface area (TPSA) is 9.23 Å². The van der Waals surface area contributed by atoms with E-state index in [1.807, 2.05) is 0 Å². The van der Waals surface area contributed by atoms with Gasteiger partial charge >= 0.3 is 0 Å². The van der Waals surface area contributed by atoms with E-state index < -0.39 is 0 Å². The van der Waals surface area contributed by atoms with Crippen LogP contribution in [0, 0.1) is 11.8 Å². The molecule has 3 rings (SSSR count). The predicted molar refractivity (Wildman–Crippen MR) is 96.4 cm³/mol. The van der Waals surface area contributed by atoms with Gasteiger partial charge in [-0.3, -0.25) is 0 Å². The minimum atomic E-state index is 0.358. The summed E-state index contributed by atoms with van der Waals surface area (Å²) >= 11 is 0. The standard InChI is InChI=1S/C20H29BO/c1-13(2)16-9-7-14(3)20-19(16)17-10-8-15(6-5-11-21-4)12-18(17)22-20/h8,10,12,14,16,19-21H,1,5-7,9,11H2,2-4H3. The molecule has 0 saturated heterocycles. The molecule has 1 heterocycles. The lowest BCUT2D eigenvalue weighted by Crippen LogP contribution is -2.36. The third-order valence-corrected chi connectivity index (χ3v) is 5.68. The van der Waals surface area contributed by atoms with Crippen molar-refractivity contribution in [2.45, 2.75) is 64.7 Å². The average Bonchev–Trinajstić information content (AvgIpc) is 2.87. The summed E-state index contributed by atoms with van der Waals surface area (Å²) in [5.41, 5.74) is 4.19. The maximum absolute atomic E-state index is 6.41. The van der Waals surface area contributed by atoms with Crippen molar-refractivity contribution in [1.82, 2.24) is 0 Å². The second kappa shape index (κ2) is 6.52. The number of aryl methyl sites for hydroxylation is 1. The van der Waals surface area contributed by atoms with Gasteiger partial charge in [0.1, 0.15) is 19.1 Å². The van der Waals surface area contributed by atoms with Gasteiger partial charge in [-0.2, -0.15) is 0 Å². The average molecular weight is 296 g/mol. The molecular weight excluding hydrogens is 267 g/mol. The van der Waals surface area contributed by atoms with Gasteiger partial charge in [0.25, 0.3) is 0 Å². The zero-order chi connectivity index (χ0) is 15.7. The zero-order valence-corrected chi connectivity index (χ0v) is 14.4. The zero-order valence-electron chi connectivity index (χ0n) is 14.4. The molecule has 1 saturated carbocycles. The molecule has 1 fully saturated rings. The Bertz CT molecular complexity index is 551. The highest BCUT2D eigenvalue weighted by atomic mass is 16.5. The summed E-state index contributed by atoms with van der Waals surface area (Å²) in [6.07, 6.45) is 6.66. The maximum Gasteiger partial charge on any atom is 0.123 e. The van der Waals surface area contributed by atoms with Crippen molar-refractivity contribution in [2.24, 2.45) is 11.8 Å². The largest absolute Gasteiger partial charge is 0.489 e. The lowest BCUT2D eigenvalue weighted by atomic mass is 9.68. The second-order valence-corrected chi connectivity index (χ2v) is 7.45. The van der Waals surface area contributed by atoms with Crippen molar-refractivity contribution >= 4 is 7.28 Å². The van der Waals surface area contributed by atoms with Gasteiger partial charge in [0.2, 0.25) is 0 Å². The summed E-state index contributed by atoms with van der Waals surface area (Å²) in [6.45, 7) is 11.0. The van der Waals surface area contributed by atoms with Gasteiger partial charge in [-0.1, -0.05) is 50.8 Å². The summed E-state index contributed by atoms with van der Waals surface area (Å²) in [4.78, 5) is 0. The first-order valence-corrected chi connectivity index (χ1v) is 9.06. The van der Waals surface area contributed by atoms with Gasteiger partial charge in [0.05, 0.1) is 0 Å². The molecule has 0 spiro atoms. The lowest BCUT2D eigenvalue weighted by molar-refractivity contribution is 0.0867. The van der Waals surface area contributed by atoms with Crippen LogP contribution in [-0.4, -0.2) is 13.4 Å². The molecule has 0 radical (unpaired) electrons. The van der Waals surface area contributed by atoms with Crippen molar-refractivity contribution in [3.63, 3.8) is 0 Å². The lowest BCUT2D eigenvalue weighted by Gasteiger charge is -2.37. The van der Waals surface area contributed by atoms with Crippen LogP contribution in [0.25, 0.3) is 0 Å². The van der Waals surface area contributed by atoms with Crippen molar-refractivity contribution in [3.05, 3.63) is 41.5 Å². The Morgan fingerprint density at radius 3 is 2.91 bits per heavy atom. The third kappa shape index (κ3) is 2.85. The highest BCUT2D eigenvalue weighted by molar-refractivity contribution is 6.33. The summed E-state index contributed by atoms with van der Waals surface area (Å²) in [5.74, 6) is 2.93. The predicted octanol–water partition coefficient (Wildman–Crippen LogP) is 4.99. The number of hydrogen-bond acceptors (Lipinski definition) is 1. The minimum Gasteiger partial charge on any atom is -0.489 e. The fraction of sp³-hybridized carbons (Fsp3) is 0.600. The number of rotatable bonds is 5. The second-order valence-electron chi connectivity index (χ2n) is 7.45. The van der Waals surface area contributed by atoms with Gasteiger partial charge in [-0.15, -0.1) is 0 Å². The Kier molecular flexibility index (Phi) is 4.66. The van der Waals surface area contributed by atoms with Crippen LogP contribution < -0.4 is 4.74 Å². The Balaban J connectivity index is 1.84. The number of allylic oxidation sites excluding steroid dienone is 1. The van der Waals surface area contributed by atoms with E-state index in [2.05, 4.69) is 45.4 Å². The van der Waals surface area contributed by atoms with Gasteiger partial charge in [0, 0.05) is 11.5 Å². The normalized spacial score (nSPS) is 29.4. The molecule has 0 aromatic heterocycles. The molecular formula is C20H29BO. The SMILES string of the molecule is C=C(C)C1CCC(C)C2Oc3cc(CCCBC)ccc3C12. The Hall–Kier alpha value is -1.18. The molecule has 4 atom stereocenters. The number of hydrogen-bond donors (Lipinski definition) is 0. The third-order valence-electron chi connectivity index (χ3n) is 5.68. The summed E-state index contributed by atoms with van der Waals surface area (Å²) in [7, 11) is 1.28. The fourth-order valence-electron chi connectivity index (χ4n) is 4.34. The van der Waals surface area contributed by atoms with Gasteiger partial charge < -0.3 is 4.74 Å². The van der Waals surface area contributed by atoms with Crippen molar-refractivity contribution in [2.75, 3.05) is 0 Å². The van der Waals surface area contributed by atoms with E-state index in [4.69, 9.17) is 4.74 Å². The quantitative estimate of drug-likeness (QED) is 0.422. The first kappa shape index (κ1) is 15.7. The van der Waals surface area contributed by atoms with Crippen molar-refractivity contribution in [1.29, 1.82) is 0 Å². The van der Waals surface area contributed by atoms with Crippen molar-refractivity contribution < 1.29 is 4.74 Å². The molecule has 1 nitrogen and oxygen atoms in total. The number of fused-ring (bicyclic) bond motifs is 3. The molecule has 0 bridgehead atoms. The van der Waals surface area contributed by atoms with Crippen molar-refractivity contribution in [3.8, 4) is 5.75 Å². The van der Waals surface area contributed by atoms with Gasteiger partial charge in [-0.25, -0.2) is 0 Å². The summed E-state index contributed by atoms with van der Waals surface area (Å²) in [6, 6.07) is 6.98. The van der Waals surface area contributed by atoms with Crippen LogP contribution in [0.3, 0.4) is 0 Å². The Morgan fingerprint density at radius 1 is 1.36 bits per heavy atom. The summed E-state index contributed by atoms with van der Waals surface area (Å²) in [5, 5.41) is 0. The fourth-order valence-corrected chi connectivity index (χ4v) is 4.34. The minimum absolute atomic E-state index is 0.358. The van der Waals surface area contributed by atoms with Crippen LogP contribution in [0.1, 0.15) is 50.2 Å². The smallest absolute Gasteiger partial charge is 0.123 e. The Morgan fingerprint density at radius 2 is 2.18 bits per heavy atom. The maximum atomic E-state index is 6.41. The van der Waals surface area contributed by atoms with E-state index in [1.54, 1.807) is 0 Å². The highest BCUT2D eigenvalue weighted by Gasteiger charge is 2.45. The molecule has 22 heavy (non-hydrogen) atoms. The Labute approximate surface area is 136 Å². The van der Waals surface area contributed by atoms with E-state index >= 15 is 0 Å². The molecule has 1 aliphatic heterocycles. The van der Waals surface area contributed by atoms with Crippen LogP contribution in [-0.2, 0) is 6.42 Å². The van der Waals surface area contributed by atoms with E-state index in [0.717, 1.165) is 5.75 Å².